The van der Waals surface area contributed by atoms with Gasteiger partial charge in [-0.2, -0.15) is 4.98 Å². The van der Waals surface area contributed by atoms with Gasteiger partial charge in [0.25, 0.3) is 0 Å². The van der Waals surface area contributed by atoms with Gasteiger partial charge in [-0.3, -0.25) is 10.2 Å². The first-order valence-corrected chi connectivity index (χ1v) is 7.10. The van der Waals surface area contributed by atoms with Crippen LogP contribution in [0.4, 0.5) is 11.8 Å². The van der Waals surface area contributed by atoms with E-state index in [1.165, 1.54) is 0 Å². The highest BCUT2D eigenvalue weighted by atomic mass is 32.1. The Morgan fingerprint density at radius 3 is 3.00 bits per heavy atom. The van der Waals surface area contributed by atoms with Gasteiger partial charge in [0.2, 0.25) is 5.95 Å². The largest absolute Gasteiger partial charge is 0.466 e. The van der Waals surface area contributed by atoms with Crippen molar-refractivity contribution in [2.45, 2.75) is 20.3 Å². The number of ether oxygens (including phenoxy) is 1. The Kier molecular flexibility index (Phi) is 4.70. The summed E-state index contributed by atoms with van der Waals surface area (Å²) in [6, 6.07) is 2.01. The number of nitrogens with zero attached hydrogens (tertiary/aromatic N) is 2. The van der Waals surface area contributed by atoms with Crippen LogP contribution in [0, 0.1) is 6.92 Å². The maximum Gasteiger partial charge on any atom is 0.307 e. The zero-order valence-corrected chi connectivity index (χ0v) is 12.2. The molecule has 0 radical (unpaired) electrons. The van der Waals surface area contributed by atoms with Gasteiger partial charge in [0.05, 0.1) is 18.4 Å². The third kappa shape index (κ3) is 3.34. The minimum Gasteiger partial charge on any atom is -0.466 e. The molecular weight excluding hydrogens is 278 g/mol. The first kappa shape index (κ1) is 14.5. The van der Waals surface area contributed by atoms with E-state index < -0.39 is 0 Å². The van der Waals surface area contributed by atoms with Gasteiger partial charge in [-0.05, 0) is 19.9 Å². The highest BCUT2D eigenvalue weighted by molar-refractivity contribution is 7.18. The molecule has 8 heteroatoms. The second-order valence-electron chi connectivity index (χ2n) is 4.10. The average molecular weight is 295 g/mol. The minimum atomic E-state index is -0.232. The molecule has 0 amide bonds. The lowest BCUT2D eigenvalue weighted by Gasteiger charge is -2.08. The molecule has 20 heavy (non-hydrogen) atoms. The van der Waals surface area contributed by atoms with E-state index in [0.717, 1.165) is 15.1 Å². The van der Waals surface area contributed by atoms with Gasteiger partial charge in [0.15, 0.2) is 0 Å². The third-order valence-electron chi connectivity index (χ3n) is 2.57. The first-order valence-electron chi connectivity index (χ1n) is 6.28. The summed E-state index contributed by atoms with van der Waals surface area (Å²) in [6.45, 7) is 4.63. The zero-order chi connectivity index (χ0) is 14.5. The molecular formula is C12H17N5O2S. The molecule has 4 N–H and O–H groups in total. The minimum absolute atomic E-state index is 0.232. The normalized spacial score (nSPS) is 10.6. The van der Waals surface area contributed by atoms with Crippen molar-refractivity contribution in [3.63, 3.8) is 0 Å². The number of esters is 1. The smallest absolute Gasteiger partial charge is 0.307 e. The number of anilines is 2. The number of fused-ring (bicyclic) bond motifs is 1. The number of aryl methyl sites for hydroxylation is 1. The van der Waals surface area contributed by atoms with E-state index in [4.69, 9.17) is 10.6 Å². The van der Waals surface area contributed by atoms with Crippen LogP contribution < -0.4 is 16.6 Å². The number of nitrogens with one attached hydrogen (secondary N) is 2. The maximum atomic E-state index is 11.3. The molecule has 2 aromatic rings. The van der Waals surface area contributed by atoms with E-state index in [2.05, 4.69) is 20.7 Å². The third-order valence-corrected chi connectivity index (χ3v) is 3.52. The van der Waals surface area contributed by atoms with Crippen LogP contribution in [-0.2, 0) is 9.53 Å². The van der Waals surface area contributed by atoms with Crippen LogP contribution >= 0.6 is 11.3 Å². The first-order chi connectivity index (χ1) is 9.63. The van der Waals surface area contributed by atoms with Gasteiger partial charge in [0, 0.05) is 11.4 Å². The van der Waals surface area contributed by atoms with Crippen LogP contribution in [0.1, 0.15) is 18.2 Å². The van der Waals surface area contributed by atoms with Crippen molar-refractivity contribution in [1.29, 1.82) is 0 Å². The lowest BCUT2D eigenvalue weighted by atomic mass is 10.3. The predicted molar refractivity (Wildman–Crippen MR) is 79.7 cm³/mol. The van der Waals surface area contributed by atoms with Crippen molar-refractivity contribution in [3.8, 4) is 0 Å². The summed E-state index contributed by atoms with van der Waals surface area (Å²) in [5.74, 6) is 6.14. The molecule has 0 atom stereocenters. The molecule has 7 nitrogen and oxygen atoms in total. The number of carbonyl (C=O) groups is 1. The number of hydrazine groups is 1. The van der Waals surface area contributed by atoms with Gasteiger partial charge in [-0.25, -0.2) is 10.8 Å². The fraction of sp³-hybridized carbons (Fsp3) is 0.417. The highest BCUT2D eigenvalue weighted by Gasteiger charge is 2.10. The number of rotatable bonds is 6. The van der Waals surface area contributed by atoms with Crippen molar-refractivity contribution in [1.82, 2.24) is 9.97 Å². The molecule has 0 bridgehead atoms. The molecule has 0 saturated carbocycles. The van der Waals surface area contributed by atoms with E-state index in [1.54, 1.807) is 18.3 Å². The maximum absolute atomic E-state index is 11.3. The molecule has 0 aliphatic rings. The van der Waals surface area contributed by atoms with E-state index in [-0.39, 0.29) is 12.4 Å². The van der Waals surface area contributed by atoms with E-state index in [0.29, 0.717) is 24.9 Å². The highest BCUT2D eigenvalue weighted by Crippen LogP contribution is 2.29. The summed E-state index contributed by atoms with van der Waals surface area (Å²) in [5, 5.41) is 4.05. The topological polar surface area (TPSA) is 102 Å². The summed E-state index contributed by atoms with van der Waals surface area (Å²) >= 11 is 1.57. The van der Waals surface area contributed by atoms with Crippen molar-refractivity contribution in [2.75, 3.05) is 23.9 Å². The average Bonchev–Trinajstić information content (AvgIpc) is 2.79. The van der Waals surface area contributed by atoms with Crippen molar-refractivity contribution < 1.29 is 9.53 Å². The second-order valence-corrected chi connectivity index (χ2v) is 5.33. The van der Waals surface area contributed by atoms with Crippen LogP contribution in [0.3, 0.4) is 0 Å². The molecule has 0 saturated heterocycles. The Bertz CT molecular complexity index is 613. The van der Waals surface area contributed by atoms with Crippen molar-refractivity contribution in [3.05, 3.63) is 10.9 Å². The number of hydrogen-bond donors (Lipinski definition) is 3. The van der Waals surface area contributed by atoms with E-state index in [1.807, 2.05) is 13.0 Å². The van der Waals surface area contributed by atoms with E-state index in [9.17, 15) is 4.79 Å². The lowest BCUT2D eigenvalue weighted by molar-refractivity contribution is -0.142. The number of thiophene rings is 1. The fourth-order valence-corrected chi connectivity index (χ4v) is 2.64. The summed E-state index contributed by atoms with van der Waals surface area (Å²) in [7, 11) is 0. The van der Waals surface area contributed by atoms with Crippen LogP contribution in [0.5, 0.6) is 0 Å². The van der Waals surface area contributed by atoms with Crippen LogP contribution in [0.25, 0.3) is 10.2 Å². The van der Waals surface area contributed by atoms with Crippen LogP contribution in [-0.4, -0.2) is 29.1 Å². The molecule has 2 aromatic heterocycles. The number of nitrogens with two attached hydrogens (primary N) is 1. The number of nitrogen functional groups attached to an aromatic ring is 1. The standard InChI is InChI=1S/C12H17N5O2S/c1-3-19-9(18)4-5-14-10-8-6-7(2)20-11(8)16-12(15-10)17-13/h6H,3-5,13H2,1-2H3,(H2,14,15,16,17). The SMILES string of the molecule is CCOC(=O)CCNc1nc(NN)nc2sc(C)cc12. The molecule has 0 unspecified atom stereocenters. The molecule has 108 valence electrons. The molecule has 0 spiro atoms. The lowest BCUT2D eigenvalue weighted by Crippen LogP contribution is -2.14. The second kappa shape index (κ2) is 6.49. The van der Waals surface area contributed by atoms with E-state index >= 15 is 0 Å². The Hall–Kier alpha value is -1.93. The summed E-state index contributed by atoms with van der Waals surface area (Å²) in [4.78, 5) is 21.8. The Labute approximate surface area is 120 Å². The van der Waals surface area contributed by atoms with Crippen LogP contribution in [0.15, 0.2) is 6.07 Å². The Balaban J connectivity index is 2.13. The van der Waals surface area contributed by atoms with Crippen molar-refractivity contribution in [2.24, 2.45) is 5.84 Å². The fourth-order valence-electron chi connectivity index (χ4n) is 1.76. The predicted octanol–water partition coefficient (Wildman–Crippen LogP) is 1.65. The van der Waals surface area contributed by atoms with Gasteiger partial charge >= 0.3 is 5.97 Å². The number of hydrogen-bond acceptors (Lipinski definition) is 8. The van der Waals surface area contributed by atoms with Gasteiger partial charge < -0.3 is 10.1 Å². The summed E-state index contributed by atoms with van der Waals surface area (Å²) in [5.41, 5.74) is 2.44. The molecule has 2 rings (SSSR count). The Morgan fingerprint density at radius 1 is 1.50 bits per heavy atom. The van der Waals surface area contributed by atoms with Crippen LogP contribution in [0.2, 0.25) is 0 Å². The monoisotopic (exact) mass is 295 g/mol. The van der Waals surface area contributed by atoms with Gasteiger partial charge in [0.1, 0.15) is 10.6 Å². The summed E-state index contributed by atoms with van der Waals surface area (Å²) < 4.78 is 4.87. The molecule has 0 aromatic carbocycles. The van der Waals surface area contributed by atoms with Gasteiger partial charge in [-0.15, -0.1) is 11.3 Å². The molecule has 0 aliphatic carbocycles. The quantitative estimate of drug-likeness (QED) is 0.423. The Morgan fingerprint density at radius 2 is 2.30 bits per heavy atom. The number of aromatic nitrogens is 2. The molecule has 0 fully saturated rings. The summed E-state index contributed by atoms with van der Waals surface area (Å²) in [6.07, 6.45) is 0.286. The molecule has 0 aliphatic heterocycles. The number of carbonyl (C=O) groups excluding carboxylic acids is 1. The van der Waals surface area contributed by atoms with Gasteiger partial charge in [-0.1, -0.05) is 0 Å². The molecule has 2 heterocycles. The zero-order valence-electron chi connectivity index (χ0n) is 11.4. The van der Waals surface area contributed by atoms with Crippen molar-refractivity contribution >= 4 is 39.3 Å².